The van der Waals surface area contributed by atoms with E-state index in [4.69, 9.17) is 0 Å². The number of hydrogen-bond donors (Lipinski definition) is 0. The quantitative estimate of drug-likeness (QED) is 0.757. The van der Waals surface area contributed by atoms with Gasteiger partial charge in [-0.3, -0.25) is 4.79 Å². The van der Waals surface area contributed by atoms with Crippen LogP contribution in [0.4, 0.5) is 22.0 Å². The van der Waals surface area contributed by atoms with E-state index in [1.807, 2.05) is 0 Å². The zero-order chi connectivity index (χ0) is 15.1. The summed E-state index contributed by atoms with van der Waals surface area (Å²) in [5, 5.41) is 0. The Bertz CT molecular complexity index is 721. The van der Waals surface area contributed by atoms with E-state index in [1.165, 1.54) is 0 Å². The number of aromatic nitrogens is 2. The van der Waals surface area contributed by atoms with E-state index in [0.29, 0.717) is 16.8 Å². The molecule has 0 saturated carbocycles. The third-order valence-electron chi connectivity index (χ3n) is 2.66. The predicted molar refractivity (Wildman–Crippen MR) is 59.8 cm³/mol. The maximum atomic E-state index is 13.5. The smallest absolute Gasteiger partial charge is 0.304 e. The van der Waals surface area contributed by atoms with E-state index >= 15 is 0 Å². The summed E-state index contributed by atoms with van der Waals surface area (Å²) in [7, 11) is 0.901. The number of halogens is 5. The van der Waals surface area contributed by atoms with Crippen LogP contribution >= 0.6 is 0 Å². The fourth-order valence-corrected chi connectivity index (χ4v) is 1.67. The molecule has 0 unspecified atom stereocenters. The molecule has 3 nitrogen and oxygen atoms in total. The minimum absolute atomic E-state index is 0.325. The van der Waals surface area contributed by atoms with E-state index in [1.54, 1.807) is 0 Å². The summed E-state index contributed by atoms with van der Waals surface area (Å²) in [4.78, 5) is 15.2. The molecule has 2 aromatic rings. The van der Waals surface area contributed by atoms with Crippen molar-refractivity contribution in [2.24, 2.45) is 7.05 Å². The van der Waals surface area contributed by atoms with Crippen LogP contribution in [-0.4, -0.2) is 9.55 Å². The lowest BCUT2D eigenvalue weighted by atomic mass is 10.1. The van der Waals surface area contributed by atoms with Crippen LogP contribution in [0.5, 0.6) is 0 Å². The average molecular weight is 290 g/mol. The van der Waals surface area contributed by atoms with Crippen molar-refractivity contribution in [1.29, 1.82) is 0 Å². The first-order chi connectivity index (χ1) is 9.21. The normalized spacial score (nSPS) is 11.7. The Morgan fingerprint density at radius 1 is 1.20 bits per heavy atom. The summed E-state index contributed by atoms with van der Waals surface area (Å²) in [6, 6.07) is 2.35. The molecule has 0 N–H and O–H groups in total. The summed E-state index contributed by atoms with van der Waals surface area (Å²) >= 11 is 0. The standard InChI is InChI=1S/C12H7F5N2O/c1-19-9(12(15,16)17)5-18-10(11(19)20)7-3-2-6(13)4-8(7)14/h2-5H,1H3. The molecule has 0 atom stereocenters. The van der Waals surface area contributed by atoms with Crippen molar-refractivity contribution in [3.05, 3.63) is 52.1 Å². The highest BCUT2D eigenvalue weighted by Crippen LogP contribution is 2.28. The third-order valence-corrected chi connectivity index (χ3v) is 2.66. The van der Waals surface area contributed by atoms with Crippen LogP contribution in [0.25, 0.3) is 11.3 Å². The molecule has 20 heavy (non-hydrogen) atoms. The molecule has 0 radical (unpaired) electrons. The van der Waals surface area contributed by atoms with Gasteiger partial charge in [-0.05, 0) is 12.1 Å². The van der Waals surface area contributed by atoms with Crippen molar-refractivity contribution in [3.63, 3.8) is 0 Å². The van der Waals surface area contributed by atoms with Gasteiger partial charge < -0.3 is 4.57 Å². The van der Waals surface area contributed by atoms with Gasteiger partial charge in [0.05, 0.1) is 6.20 Å². The lowest BCUT2D eigenvalue weighted by Crippen LogP contribution is -2.27. The van der Waals surface area contributed by atoms with Gasteiger partial charge in [0.25, 0.3) is 5.56 Å². The summed E-state index contributed by atoms with van der Waals surface area (Å²) in [6.45, 7) is 0. The maximum absolute atomic E-state index is 13.5. The predicted octanol–water partition coefficient (Wildman–Crippen LogP) is 2.74. The fourth-order valence-electron chi connectivity index (χ4n) is 1.67. The van der Waals surface area contributed by atoms with Crippen molar-refractivity contribution < 1.29 is 22.0 Å². The molecule has 0 aliphatic carbocycles. The van der Waals surface area contributed by atoms with Crippen LogP contribution < -0.4 is 5.56 Å². The molecule has 0 saturated heterocycles. The lowest BCUT2D eigenvalue weighted by molar-refractivity contribution is -0.144. The lowest BCUT2D eigenvalue weighted by Gasteiger charge is -2.12. The molecule has 0 aliphatic rings. The van der Waals surface area contributed by atoms with Gasteiger partial charge in [-0.15, -0.1) is 0 Å². The Balaban J connectivity index is 2.66. The molecular formula is C12H7F5N2O. The second-order valence-electron chi connectivity index (χ2n) is 3.98. The summed E-state index contributed by atoms with van der Waals surface area (Å²) in [6.07, 6.45) is -4.32. The van der Waals surface area contributed by atoms with Crippen molar-refractivity contribution in [2.45, 2.75) is 6.18 Å². The number of nitrogens with zero attached hydrogens (tertiary/aromatic N) is 2. The molecule has 2 rings (SSSR count). The Morgan fingerprint density at radius 2 is 1.85 bits per heavy atom. The first-order valence-corrected chi connectivity index (χ1v) is 5.30. The summed E-state index contributed by atoms with van der Waals surface area (Å²) in [5.41, 5.74) is -3.25. The highest BCUT2D eigenvalue weighted by molar-refractivity contribution is 5.58. The van der Waals surface area contributed by atoms with Gasteiger partial charge in [0, 0.05) is 18.7 Å². The maximum Gasteiger partial charge on any atom is 0.433 e. The first-order valence-electron chi connectivity index (χ1n) is 5.30. The van der Waals surface area contributed by atoms with Crippen LogP contribution in [-0.2, 0) is 13.2 Å². The van der Waals surface area contributed by atoms with Crippen LogP contribution in [0.2, 0.25) is 0 Å². The number of rotatable bonds is 1. The molecule has 1 aromatic heterocycles. The van der Waals surface area contributed by atoms with E-state index in [-0.39, 0.29) is 5.56 Å². The first kappa shape index (κ1) is 14.2. The number of benzene rings is 1. The Morgan fingerprint density at radius 3 is 2.40 bits per heavy atom. The molecule has 0 bridgehead atoms. The molecule has 0 amide bonds. The van der Waals surface area contributed by atoms with Gasteiger partial charge in [0.1, 0.15) is 23.0 Å². The van der Waals surface area contributed by atoms with E-state index in [0.717, 1.165) is 19.2 Å². The zero-order valence-corrected chi connectivity index (χ0v) is 10.0. The SMILES string of the molecule is Cn1c(C(F)(F)F)cnc(-c2ccc(F)cc2F)c1=O. The largest absolute Gasteiger partial charge is 0.433 e. The molecular weight excluding hydrogens is 283 g/mol. The minimum Gasteiger partial charge on any atom is -0.304 e. The van der Waals surface area contributed by atoms with Crippen LogP contribution in [0, 0.1) is 11.6 Å². The molecule has 0 spiro atoms. The summed E-state index contributed by atoms with van der Waals surface area (Å²) < 4.78 is 64.3. The highest BCUT2D eigenvalue weighted by Gasteiger charge is 2.34. The van der Waals surface area contributed by atoms with E-state index < -0.39 is 34.8 Å². The van der Waals surface area contributed by atoms with Gasteiger partial charge in [-0.1, -0.05) is 0 Å². The fraction of sp³-hybridized carbons (Fsp3) is 0.167. The van der Waals surface area contributed by atoms with Crippen molar-refractivity contribution in [2.75, 3.05) is 0 Å². The molecule has 1 heterocycles. The Kier molecular flexibility index (Phi) is 3.33. The Labute approximate surface area is 109 Å². The third kappa shape index (κ3) is 2.40. The summed E-state index contributed by atoms with van der Waals surface area (Å²) in [5.74, 6) is -1.94. The Hall–Kier alpha value is -2.25. The monoisotopic (exact) mass is 290 g/mol. The van der Waals surface area contributed by atoms with Crippen molar-refractivity contribution >= 4 is 0 Å². The molecule has 106 valence electrons. The molecule has 8 heteroatoms. The van der Waals surface area contributed by atoms with E-state index in [2.05, 4.69) is 4.98 Å². The number of alkyl halides is 3. The second kappa shape index (κ2) is 4.69. The van der Waals surface area contributed by atoms with Gasteiger partial charge in [0.15, 0.2) is 0 Å². The zero-order valence-electron chi connectivity index (χ0n) is 10.0. The minimum atomic E-state index is -4.75. The van der Waals surface area contributed by atoms with Crippen LogP contribution in [0.1, 0.15) is 5.69 Å². The molecule has 0 fully saturated rings. The van der Waals surface area contributed by atoms with Crippen LogP contribution in [0.15, 0.2) is 29.2 Å². The molecule has 0 aliphatic heterocycles. The topological polar surface area (TPSA) is 34.9 Å². The van der Waals surface area contributed by atoms with Crippen molar-refractivity contribution in [3.8, 4) is 11.3 Å². The highest BCUT2D eigenvalue weighted by atomic mass is 19.4. The van der Waals surface area contributed by atoms with Gasteiger partial charge >= 0.3 is 6.18 Å². The molecule has 1 aromatic carbocycles. The van der Waals surface area contributed by atoms with E-state index in [9.17, 15) is 26.7 Å². The number of hydrogen-bond acceptors (Lipinski definition) is 2. The van der Waals surface area contributed by atoms with Gasteiger partial charge in [0.2, 0.25) is 0 Å². The average Bonchev–Trinajstić information content (AvgIpc) is 2.32. The van der Waals surface area contributed by atoms with Crippen LogP contribution in [0.3, 0.4) is 0 Å². The second-order valence-corrected chi connectivity index (χ2v) is 3.98. The van der Waals surface area contributed by atoms with Gasteiger partial charge in [-0.25, -0.2) is 13.8 Å². The van der Waals surface area contributed by atoms with Gasteiger partial charge in [-0.2, -0.15) is 13.2 Å². The van der Waals surface area contributed by atoms with Crippen molar-refractivity contribution in [1.82, 2.24) is 9.55 Å².